The molecule has 2 aromatic heterocycles. The van der Waals surface area contributed by atoms with E-state index >= 15 is 4.39 Å². The highest BCUT2D eigenvalue weighted by molar-refractivity contribution is 6.11. The van der Waals surface area contributed by atoms with Crippen molar-refractivity contribution in [1.29, 1.82) is 0 Å². The minimum atomic E-state index is -1.19. The normalized spacial score (nSPS) is 10.7. The molecule has 0 unspecified atom stereocenters. The van der Waals surface area contributed by atoms with E-state index < -0.39 is 40.8 Å². The highest BCUT2D eigenvalue weighted by atomic mass is 19.1. The predicted molar refractivity (Wildman–Crippen MR) is 110 cm³/mol. The van der Waals surface area contributed by atoms with E-state index in [4.69, 9.17) is 0 Å². The molecule has 0 aliphatic heterocycles. The number of halogens is 4. The molecular weight excluding hydrogens is 442 g/mol. The summed E-state index contributed by atoms with van der Waals surface area (Å²) in [5.41, 5.74) is -1.03. The van der Waals surface area contributed by atoms with Crippen molar-refractivity contribution in [1.82, 2.24) is 15.2 Å². The molecule has 33 heavy (non-hydrogen) atoms. The van der Waals surface area contributed by atoms with Crippen LogP contribution in [0.15, 0.2) is 60.9 Å². The fourth-order valence-electron chi connectivity index (χ4n) is 2.98. The van der Waals surface area contributed by atoms with Gasteiger partial charge < -0.3 is 10.6 Å². The van der Waals surface area contributed by atoms with Crippen molar-refractivity contribution in [2.45, 2.75) is 0 Å². The zero-order valence-corrected chi connectivity index (χ0v) is 16.5. The Labute approximate surface area is 183 Å². The van der Waals surface area contributed by atoms with Gasteiger partial charge in [0.1, 0.15) is 28.7 Å². The Morgan fingerprint density at radius 1 is 0.818 bits per heavy atom. The van der Waals surface area contributed by atoms with E-state index in [9.17, 15) is 22.8 Å². The Kier molecular flexibility index (Phi) is 5.85. The van der Waals surface area contributed by atoms with Crippen LogP contribution in [0.1, 0.15) is 20.8 Å². The number of aromatic nitrogens is 3. The molecule has 0 radical (unpaired) electrons. The van der Waals surface area contributed by atoms with Crippen LogP contribution in [-0.2, 0) is 0 Å². The fraction of sp³-hybridized carbons (Fsp3) is 0. The van der Waals surface area contributed by atoms with Gasteiger partial charge in [0, 0.05) is 23.0 Å². The summed E-state index contributed by atoms with van der Waals surface area (Å²) in [4.78, 5) is 28.6. The van der Waals surface area contributed by atoms with Gasteiger partial charge in [-0.3, -0.25) is 14.7 Å². The van der Waals surface area contributed by atoms with Crippen molar-refractivity contribution >= 4 is 23.2 Å². The number of hydrogen-bond acceptors (Lipinski definition) is 4. The van der Waals surface area contributed by atoms with Crippen LogP contribution < -0.4 is 10.6 Å². The lowest BCUT2D eigenvalue weighted by molar-refractivity contribution is 0.101. The van der Waals surface area contributed by atoms with Crippen molar-refractivity contribution in [2.75, 3.05) is 10.6 Å². The van der Waals surface area contributed by atoms with Crippen molar-refractivity contribution in [3.8, 4) is 11.1 Å². The summed E-state index contributed by atoms with van der Waals surface area (Å²) in [7, 11) is 0. The number of hydrogen-bond donors (Lipinski definition) is 3. The molecule has 2 amide bonds. The molecule has 0 saturated carbocycles. The lowest BCUT2D eigenvalue weighted by atomic mass is 10.0. The molecule has 0 aliphatic rings. The summed E-state index contributed by atoms with van der Waals surface area (Å²) in [5.74, 6) is -5.54. The summed E-state index contributed by atoms with van der Waals surface area (Å²) in [6.45, 7) is 0. The molecule has 11 heteroatoms. The van der Waals surface area contributed by atoms with Crippen LogP contribution >= 0.6 is 0 Å². The molecule has 0 aliphatic carbocycles. The predicted octanol–water partition coefficient (Wildman–Crippen LogP) is 4.53. The summed E-state index contributed by atoms with van der Waals surface area (Å²) < 4.78 is 55.5. The summed E-state index contributed by atoms with van der Waals surface area (Å²) in [6.07, 6.45) is 2.13. The number of nitrogens with one attached hydrogen (secondary N) is 3. The first-order valence-electron chi connectivity index (χ1n) is 9.35. The van der Waals surface area contributed by atoms with Crippen molar-refractivity contribution in [2.24, 2.45) is 0 Å². The Balaban J connectivity index is 1.59. The maximum Gasteiger partial charge on any atom is 0.275 e. The SMILES string of the molecule is O=C(Nc1ccc(F)cc1)c1[nH]ncc1NC(=O)c1c(F)ccc(-c2ccc(F)nc2)c1F. The Morgan fingerprint density at radius 2 is 1.58 bits per heavy atom. The topological polar surface area (TPSA) is 99.8 Å². The summed E-state index contributed by atoms with van der Waals surface area (Å²) in [5, 5.41) is 10.8. The Bertz CT molecular complexity index is 1340. The highest BCUT2D eigenvalue weighted by Gasteiger charge is 2.24. The average molecular weight is 455 g/mol. The molecule has 2 heterocycles. The van der Waals surface area contributed by atoms with Crippen LogP contribution in [0.2, 0.25) is 0 Å². The molecule has 166 valence electrons. The van der Waals surface area contributed by atoms with Crippen molar-refractivity contribution in [3.63, 3.8) is 0 Å². The van der Waals surface area contributed by atoms with Gasteiger partial charge in [-0.25, -0.2) is 18.2 Å². The van der Waals surface area contributed by atoms with Crippen LogP contribution in [0.4, 0.5) is 28.9 Å². The molecule has 2 aromatic carbocycles. The molecule has 0 atom stereocenters. The number of pyridine rings is 1. The summed E-state index contributed by atoms with van der Waals surface area (Å²) in [6, 6.07) is 9.12. The van der Waals surface area contributed by atoms with Gasteiger partial charge in [-0.05, 0) is 48.5 Å². The maximum atomic E-state index is 15.0. The second-order valence-electron chi connectivity index (χ2n) is 6.73. The molecule has 7 nitrogen and oxygen atoms in total. The third-order valence-corrected chi connectivity index (χ3v) is 4.57. The van der Waals surface area contributed by atoms with Gasteiger partial charge in [0.2, 0.25) is 5.95 Å². The molecule has 4 aromatic rings. The zero-order chi connectivity index (χ0) is 23.5. The van der Waals surface area contributed by atoms with Crippen LogP contribution in [0.3, 0.4) is 0 Å². The van der Waals surface area contributed by atoms with Crippen LogP contribution in [0, 0.1) is 23.4 Å². The quantitative estimate of drug-likeness (QED) is 0.304. The monoisotopic (exact) mass is 455 g/mol. The maximum absolute atomic E-state index is 15.0. The third-order valence-electron chi connectivity index (χ3n) is 4.57. The zero-order valence-electron chi connectivity index (χ0n) is 16.5. The second kappa shape index (κ2) is 8.91. The van der Waals surface area contributed by atoms with Gasteiger partial charge in [-0.15, -0.1) is 0 Å². The number of aromatic amines is 1. The molecule has 0 fully saturated rings. The first-order chi connectivity index (χ1) is 15.8. The second-order valence-corrected chi connectivity index (χ2v) is 6.73. The fourth-order valence-corrected chi connectivity index (χ4v) is 2.98. The lowest BCUT2D eigenvalue weighted by Crippen LogP contribution is -2.20. The van der Waals surface area contributed by atoms with E-state index in [1.54, 1.807) is 0 Å². The van der Waals surface area contributed by atoms with E-state index in [2.05, 4.69) is 25.8 Å². The van der Waals surface area contributed by atoms with Gasteiger partial charge in [0.15, 0.2) is 0 Å². The van der Waals surface area contributed by atoms with E-state index in [-0.39, 0.29) is 28.2 Å². The molecule has 4 rings (SSSR count). The minimum Gasteiger partial charge on any atom is -0.321 e. The van der Waals surface area contributed by atoms with Crippen molar-refractivity contribution in [3.05, 3.63) is 95.6 Å². The van der Waals surface area contributed by atoms with E-state index in [1.807, 2.05) is 0 Å². The number of nitrogens with zero attached hydrogens (tertiary/aromatic N) is 2. The van der Waals surface area contributed by atoms with Gasteiger partial charge in [0.25, 0.3) is 11.8 Å². The number of anilines is 2. The Hall–Kier alpha value is -4.54. The largest absolute Gasteiger partial charge is 0.321 e. The number of rotatable bonds is 5. The molecule has 0 spiro atoms. The van der Waals surface area contributed by atoms with Crippen LogP contribution in [0.25, 0.3) is 11.1 Å². The average Bonchev–Trinajstić information content (AvgIpc) is 3.24. The molecule has 0 saturated heterocycles. The summed E-state index contributed by atoms with van der Waals surface area (Å²) >= 11 is 0. The van der Waals surface area contributed by atoms with Gasteiger partial charge in [-0.1, -0.05) is 0 Å². The molecular formula is C22H13F4N5O2. The standard InChI is InChI=1S/C22H13F4N5O2/c23-12-2-4-13(5-3-12)29-22(33)20-16(10-28-31-20)30-21(32)18-15(24)7-6-14(19(18)26)11-1-8-17(25)27-9-11/h1-10H,(H,28,31)(H,29,33)(H,30,32). The first-order valence-corrected chi connectivity index (χ1v) is 9.35. The minimum absolute atomic E-state index is 0.130. The third kappa shape index (κ3) is 4.56. The number of benzene rings is 2. The van der Waals surface area contributed by atoms with Crippen LogP contribution in [-0.4, -0.2) is 27.0 Å². The van der Waals surface area contributed by atoms with Crippen molar-refractivity contribution < 1.29 is 27.2 Å². The van der Waals surface area contributed by atoms with Gasteiger partial charge >= 0.3 is 0 Å². The Morgan fingerprint density at radius 3 is 2.27 bits per heavy atom. The first kappa shape index (κ1) is 21.7. The number of H-pyrrole nitrogens is 1. The van der Waals surface area contributed by atoms with Gasteiger partial charge in [0.05, 0.1) is 11.9 Å². The lowest BCUT2D eigenvalue weighted by Gasteiger charge is -2.11. The van der Waals surface area contributed by atoms with Crippen LogP contribution in [0.5, 0.6) is 0 Å². The number of carbonyl (C=O) groups excluding carboxylic acids is 2. The van der Waals surface area contributed by atoms with E-state index in [0.717, 1.165) is 42.7 Å². The smallest absolute Gasteiger partial charge is 0.275 e. The molecule has 3 N–H and O–H groups in total. The van der Waals surface area contributed by atoms with E-state index in [0.29, 0.717) is 0 Å². The number of carbonyl (C=O) groups is 2. The highest BCUT2D eigenvalue weighted by Crippen LogP contribution is 2.27. The number of amides is 2. The molecule has 0 bridgehead atoms. The van der Waals surface area contributed by atoms with E-state index in [1.165, 1.54) is 18.2 Å². The van der Waals surface area contributed by atoms with Gasteiger partial charge in [-0.2, -0.15) is 9.49 Å².